The van der Waals surface area contributed by atoms with Gasteiger partial charge in [0.25, 0.3) is 0 Å². The molecule has 0 aliphatic heterocycles. The number of furan rings is 1. The molecule has 0 fully saturated rings. The highest BCUT2D eigenvalue weighted by Crippen LogP contribution is 2.36. The van der Waals surface area contributed by atoms with Crippen LogP contribution in [0.1, 0.15) is 25.2 Å². The molecule has 0 atom stereocenters. The summed E-state index contributed by atoms with van der Waals surface area (Å²) in [5.41, 5.74) is 7.51. The molecule has 2 rings (SSSR count). The highest BCUT2D eigenvalue weighted by Gasteiger charge is 2.17. The third-order valence-corrected chi connectivity index (χ3v) is 3.52. The van der Waals surface area contributed by atoms with Gasteiger partial charge in [-0.2, -0.15) is 0 Å². The van der Waals surface area contributed by atoms with Gasteiger partial charge >= 0.3 is 0 Å². The van der Waals surface area contributed by atoms with Crippen LogP contribution < -0.4 is 5.73 Å². The van der Waals surface area contributed by atoms with Gasteiger partial charge in [-0.15, -0.1) is 0 Å². The molecular formula is C13H15Cl2NO. The van der Waals surface area contributed by atoms with E-state index in [9.17, 15) is 0 Å². The van der Waals surface area contributed by atoms with E-state index in [4.69, 9.17) is 33.4 Å². The SMILES string of the molecule is CC(C)Cc1c(CN)oc2c(Cl)c(Cl)ccc12. The summed E-state index contributed by atoms with van der Waals surface area (Å²) in [7, 11) is 0. The van der Waals surface area contributed by atoms with E-state index in [1.807, 2.05) is 6.07 Å². The van der Waals surface area contributed by atoms with E-state index in [0.717, 1.165) is 23.1 Å². The van der Waals surface area contributed by atoms with Crippen LogP contribution in [0.15, 0.2) is 16.5 Å². The van der Waals surface area contributed by atoms with Gasteiger partial charge in [-0.1, -0.05) is 37.0 Å². The van der Waals surface area contributed by atoms with E-state index in [0.29, 0.717) is 28.1 Å². The van der Waals surface area contributed by atoms with Gasteiger partial charge in [0.2, 0.25) is 0 Å². The fourth-order valence-corrected chi connectivity index (χ4v) is 2.35. The van der Waals surface area contributed by atoms with E-state index in [-0.39, 0.29) is 0 Å². The van der Waals surface area contributed by atoms with Crippen molar-refractivity contribution >= 4 is 34.2 Å². The van der Waals surface area contributed by atoms with E-state index < -0.39 is 0 Å². The lowest BCUT2D eigenvalue weighted by atomic mass is 10.00. The topological polar surface area (TPSA) is 39.2 Å². The van der Waals surface area contributed by atoms with Gasteiger partial charge in [-0.05, 0) is 24.5 Å². The van der Waals surface area contributed by atoms with E-state index >= 15 is 0 Å². The smallest absolute Gasteiger partial charge is 0.154 e. The number of halogens is 2. The minimum atomic E-state index is 0.380. The molecule has 2 aromatic rings. The fourth-order valence-electron chi connectivity index (χ4n) is 2.00. The molecule has 1 aromatic carbocycles. The lowest BCUT2D eigenvalue weighted by Gasteiger charge is -2.04. The van der Waals surface area contributed by atoms with Crippen LogP contribution in [0.25, 0.3) is 11.0 Å². The fraction of sp³-hybridized carbons (Fsp3) is 0.385. The van der Waals surface area contributed by atoms with Crippen LogP contribution in [-0.4, -0.2) is 0 Å². The molecule has 0 spiro atoms. The lowest BCUT2D eigenvalue weighted by molar-refractivity contribution is 0.536. The van der Waals surface area contributed by atoms with Crippen LogP contribution in [0.3, 0.4) is 0 Å². The summed E-state index contributed by atoms with van der Waals surface area (Å²) in [4.78, 5) is 0. The minimum Gasteiger partial charge on any atom is -0.458 e. The molecule has 0 aliphatic carbocycles. The predicted molar refractivity (Wildman–Crippen MR) is 72.7 cm³/mol. The standard InChI is InChI=1S/C13H15Cl2NO/c1-7(2)5-9-8-3-4-10(14)12(15)13(8)17-11(9)6-16/h3-4,7H,5-6,16H2,1-2H3. The van der Waals surface area contributed by atoms with Crippen molar-refractivity contribution < 1.29 is 4.42 Å². The highest BCUT2D eigenvalue weighted by atomic mass is 35.5. The Hall–Kier alpha value is -0.700. The number of hydrogen-bond acceptors (Lipinski definition) is 2. The molecule has 0 radical (unpaired) electrons. The van der Waals surface area contributed by atoms with Gasteiger partial charge in [0.05, 0.1) is 11.6 Å². The summed E-state index contributed by atoms with van der Waals surface area (Å²) in [6.45, 7) is 4.71. The Bertz CT molecular complexity index is 546. The van der Waals surface area contributed by atoms with Gasteiger partial charge in [-0.25, -0.2) is 0 Å². The Morgan fingerprint density at radius 2 is 2.00 bits per heavy atom. The van der Waals surface area contributed by atoms with Gasteiger partial charge < -0.3 is 10.2 Å². The lowest BCUT2D eigenvalue weighted by Crippen LogP contribution is -2.01. The summed E-state index contributed by atoms with van der Waals surface area (Å²) < 4.78 is 5.72. The average Bonchev–Trinajstić information content (AvgIpc) is 2.62. The second-order valence-corrected chi connectivity index (χ2v) is 5.33. The summed E-state index contributed by atoms with van der Waals surface area (Å²) in [5, 5.41) is 2.00. The normalized spacial score (nSPS) is 11.6. The van der Waals surface area contributed by atoms with E-state index in [2.05, 4.69) is 13.8 Å². The molecular weight excluding hydrogens is 257 g/mol. The number of benzene rings is 1. The quantitative estimate of drug-likeness (QED) is 0.899. The maximum Gasteiger partial charge on any atom is 0.154 e. The van der Waals surface area contributed by atoms with Crippen LogP contribution in [0.5, 0.6) is 0 Å². The molecule has 0 aliphatic rings. The van der Waals surface area contributed by atoms with Crippen molar-refractivity contribution in [3.63, 3.8) is 0 Å². The predicted octanol–water partition coefficient (Wildman–Crippen LogP) is 4.40. The van der Waals surface area contributed by atoms with Crippen molar-refractivity contribution in [1.29, 1.82) is 0 Å². The van der Waals surface area contributed by atoms with Crippen LogP contribution in [0.2, 0.25) is 10.0 Å². The molecule has 0 bridgehead atoms. The minimum absolute atomic E-state index is 0.380. The zero-order valence-electron chi connectivity index (χ0n) is 9.89. The zero-order valence-corrected chi connectivity index (χ0v) is 11.4. The van der Waals surface area contributed by atoms with Gasteiger partial charge in [0.1, 0.15) is 10.8 Å². The first-order chi connectivity index (χ1) is 8.04. The number of nitrogens with two attached hydrogens (primary N) is 1. The van der Waals surface area contributed by atoms with Crippen molar-refractivity contribution in [2.75, 3.05) is 0 Å². The van der Waals surface area contributed by atoms with Crippen LogP contribution >= 0.6 is 23.2 Å². The van der Waals surface area contributed by atoms with Gasteiger partial charge in [0.15, 0.2) is 5.58 Å². The van der Waals surface area contributed by atoms with E-state index in [1.54, 1.807) is 6.07 Å². The number of hydrogen-bond donors (Lipinski definition) is 1. The molecule has 0 unspecified atom stereocenters. The first kappa shape index (κ1) is 12.7. The summed E-state index contributed by atoms with van der Waals surface area (Å²) in [6.07, 6.45) is 0.928. The molecule has 2 N–H and O–H groups in total. The Kier molecular flexibility index (Phi) is 3.67. The molecule has 1 aromatic heterocycles. The Morgan fingerprint density at radius 3 is 2.59 bits per heavy atom. The van der Waals surface area contributed by atoms with Crippen LogP contribution in [0.4, 0.5) is 0 Å². The Morgan fingerprint density at radius 1 is 1.29 bits per heavy atom. The van der Waals surface area contributed by atoms with Crippen molar-refractivity contribution in [3.8, 4) is 0 Å². The number of rotatable bonds is 3. The summed E-state index contributed by atoms with van der Waals surface area (Å²) >= 11 is 12.1. The van der Waals surface area contributed by atoms with Crippen molar-refractivity contribution in [1.82, 2.24) is 0 Å². The maximum absolute atomic E-state index is 6.14. The molecule has 4 heteroatoms. The highest BCUT2D eigenvalue weighted by molar-refractivity contribution is 6.44. The Balaban J connectivity index is 2.68. The maximum atomic E-state index is 6.14. The van der Waals surface area contributed by atoms with E-state index in [1.165, 1.54) is 0 Å². The van der Waals surface area contributed by atoms with Crippen LogP contribution in [-0.2, 0) is 13.0 Å². The molecule has 0 saturated heterocycles. The third-order valence-electron chi connectivity index (χ3n) is 2.73. The van der Waals surface area contributed by atoms with Crippen molar-refractivity contribution in [2.45, 2.75) is 26.8 Å². The molecule has 1 heterocycles. The number of fused-ring (bicyclic) bond motifs is 1. The largest absolute Gasteiger partial charge is 0.458 e. The second-order valence-electron chi connectivity index (χ2n) is 4.54. The van der Waals surface area contributed by atoms with Crippen molar-refractivity contribution in [3.05, 3.63) is 33.5 Å². The molecule has 0 saturated carbocycles. The van der Waals surface area contributed by atoms with Gasteiger partial charge in [-0.3, -0.25) is 0 Å². The molecule has 92 valence electrons. The molecule has 2 nitrogen and oxygen atoms in total. The second kappa shape index (κ2) is 4.89. The van der Waals surface area contributed by atoms with Crippen LogP contribution in [0, 0.1) is 5.92 Å². The van der Waals surface area contributed by atoms with Crippen molar-refractivity contribution in [2.24, 2.45) is 11.7 Å². The first-order valence-corrected chi connectivity index (χ1v) is 6.38. The Labute approximate surface area is 111 Å². The summed E-state index contributed by atoms with van der Waals surface area (Å²) in [6, 6.07) is 3.75. The molecule has 0 amide bonds. The third kappa shape index (κ3) is 2.30. The monoisotopic (exact) mass is 271 g/mol. The molecule has 17 heavy (non-hydrogen) atoms. The average molecular weight is 272 g/mol. The zero-order chi connectivity index (χ0) is 12.6. The first-order valence-electron chi connectivity index (χ1n) is 5.63. The summed E-state index contributed by atoms with van der Waals surface area (Å²) in [5.74, 6) is 1.34. The van der Waals surface area contributed by atoms with Gasteiger partial charge in [0, 0.05) is 10.9 Å².